The molecule has 0 spiro atoms. The van der Waals surface area contributed by atoms with Crippen molar-refractivity contribution in [2.45, 2.75) is 50.8 Å². The maximum absolute atomic E-state index is 3.49. The van der Waals surface area contributed by atoms with E-state index >= 15 is 0 Å². The number of nitrogens with one attached hydrogen (secondary N) is 4. The predicted molar refractivity (Wildman–Crippen MR) is 102 cm³/mol. The van der Waals surface area contributed by atoms with Gasteiger partial charge in [-0.05, 0) is 39.8 Å². The van der Waals surface area contributed by atoms with Crippen molar-refractivity contribution in [3.63, 3.8) is 0 Å². The summed E-state index contributed by atoms with van der Waals surface area (Å²) in [5.74, 6) is 2.07. The first kappa shape index (κ1) is 16.8. The molecule has 0 aromatic heterocycles. The lowest BCUT2D eigenvalue weighted by atomic mass is 10.4. The Morgan fingerprint density at radius 1 is 0.636 bits per heavy atom. The van der Waals surface area contributed by atoms with Gasteiger partial charge in [-0.3, -0.25) is 0 Å². The fourth-order valence-electron chi connectivity index (χ4n) is 3.80. The summed E-state index contributed by atoms with van der Waals surface area (Å²) in [4.78, 5) is 0. The van der Waals surface area contributed by atoms with Crippen molar-refractivity contribution in [1.82, 2.24) is 21.7 Å². The Hall–Kier alpha value is -0.0800. The van der Waals surface area contributed by atoms with E-state index in [0.717, 1.165) is 0 Å². The van der Waals surface area contributed by atoms with Crippen LogP contribution in [0.1, 0.15) is 27.7 Å². The van der Waals surface area contributed by atoms with Crippen LogP contribution in [0, 0.1) is 0 Å². The Morgan fingerprint density at radius 3 is 1.18 bits per heavy atom. The van der Waals surface area contributed by atoms with E-state index in [0.29, 0.717) is 23.1 Å². The van der Waals surface area contributed by atoms with Gasteiger partial charge in [0.25, 0.3) is 0 Å². The van der Waals surface area contributed by atoms with E-state index in [1.165, 1.54) is 0 Å². The highest BCUT2D eigenvalue weighted by Gasteiger charge is 2.59. The second-order valence-electron chi connectivity index (χ2n) is 7.06. The molecule has 2 aliphatic heterocycles. The van der Waals surface area contributed by atoms with E-state index in [9.17, 15) is 0 Å². The molecule has 2 saturated heterocycles. The highest BCUT2D eigenvalue weighted by molar-refractivity contribution is 7.89. The molecule has 1 aromatic rings. The summed E-state index contributed by atoms with van der Waals surface area (Å²) in [5.41, 5.74) is 14.0. The second kappa shape index (κ2) is 5.77. The Morgan fingerprint density at radius 2 is 0.909 bits per heavy atom. The van der Waals surface area contributed by atoms with Crippen molar-refractivity contribution < 1.29 is 0 Å². The molecule has 1 aromatic carbocycles. The Balaban J connectivity index is 2.16. The van der Waals surface area contributed by atoms with E-state index < -0.39 is 14.5 Å². The molecule has 0 amide bonds. The smallest absolute Gasteiger partial charge is 0.139 e. The Labute approximate surface area is 135 Å². The van der Waals surface area contributed by atoms with Crippen LogP contribution < -0.4 is 32.3 Å². The molecule has 0 bridgehead atoms. The fraction of sp³-hybridized carbons (Fsp3) is 0.625. The monoisotopic (exact) mass is 340 g/mol. The van der Waals surface area contributed by atoms with Crippen LogP contribution in [-0.4, -0.2) is 36.5 Å². The molecular weight excluding hydrogens is 310 g/mol. The Kier molecular flexibility index (Phi) is 4.40. The summed E-state index contributed by atoms with van der Waals surface area (Å²) in [7, 11) is -2.58. The Bertz CT molecular complexity index is 496. The van der Waals surface area contributed by atoms with Gasteiger partial charge < -0.3 is 0 Å². The highest BCUT2D eigenvalue weighted by Crippen LogP contribution is 2.68. The SMILES string of the molecule is C[C@@H]1NN[C@@H](C)[P+]1(C)c1ccccc1[P+]1(C)[C@H](C)NN[C@H]1C. The minimum Gasteiger partial charge on any atom is -0.217 e. The van der Waals surface area contributed by atoms with Crippen LogP contribution in [0.5, 0.6) is 0 Å². The molecule has 6 heteroatoms. The maximum Gasteiger partial charge on any atom is 0.139 e. The van der Waals surface area contributed by atoms with Gasteiger partial charge in [-0.25, -0.2) is 21.7 Å². The number of hydrazine groups is 2. The fourth-order valence-corrected chi connectivity index (χ4v) is 11.4. The van der Waals surface area contributed by atoms with Crippen LogP contribution in [0.25, 0.3) is 0 Å². The largest absolute Gasteiger partial charge is 0.217 e. The van der Waals surface area contributed by atoms with Gasteiger partial charge in [-0.2, -0.15) is 0 Å². The molecule has 2 fully saturated rings. The lowest BCUT2D eigenvalue weighted by Gasteiger charge is -2.31. The van der Waals surface area contributed by atoms with Gasteiger partial charge in [-0.15, -0.1) is 0 Å². The molecule has 4 nitrogen and oxygen atoms in total. The first-order valence-corrected chi connectivity index (χ1v) is 12.9. The normalized spacial score (nSPS) is 36.6. The average molecular weight is 340 g/mol. The van der Waals surface area contributed by atoms with Crippen LogP contribution in [0.4, 0.5) is 0 Å². The van der Waals surface area contributed by atoms with E-state index in [1.807, 2.05) is 0 Å². The summed E-state index contributed by atoms with van der Waals surface area (Å²) in [6, 6.07) is 9.24. The van der Waals surface area contributed by atoms with Gasteiger partial charge in [0.2, 0.25) is 0 Å². The van der Waals surface area contributed by atoms with Crippen LogP contribution in [-0.2, 0) is 0 Å². The molecule has 3 rings (SSSR count). The molecule has 0 saturated carbocycles. The lowest BCUT2D eigenvalue weighted by Crippen LogP contribution is -2.39. The number of hydrogen-bond donors (Lipinski definition) is 4. The van der Waals surface area contributed by atoms with Crippen molar-refractivity contribution in [3.8, 4) is 0 Å². The predicted octanol–water partition coefficient (Wildman–Crippen LogP) is 1.83. The van der Waals surface area contributed by atoms with Crippen molar-refractivity contribution >= 4 is 25.1 Å². The molecule has 2 heterocycles. The first-order valence-electron chi connectivity index (χ1n) is 8.17. The van der Waals surface area contributed by atoms with Gasteiger partial charge in [0.15, 0.2) is 0 Å². The minimum absolute atomic E-state index is 0.518. The van der Waals surface area contributed by atoms with Gasteiger partial charge in [0.1, 0.15) is 33.7 Å². The maximum atomic E-state index is 3.49. The molecule has 2 aliphatic rings. The van der Waals surface area contributed by atoms with Gasteiger partial charge in [0, 0.05) is 0 Å². The number of hydrogen-bond acceptors (Lipinski definition) is 4. The lowest BCUT2D eigenvalue weighted by molar-refractivity contribution is 0.567. The van der Waals surface area contributed by atoms with E-state index in [4.69, 9.17) is 0 Å². The van der Waals surface area contributed by atoms with Crippen molar-refractivity contribution in [1.29, 1.82) is 0 Å². The average Bonchev–Trinajstić information content (AvgIpc) is 2.94. The van der Waals surface area contributed by atoms with Crippen molar-refractivity contribution in [3.05, 3.63) is 24.3 Å². The molecule has 0 aliphatic carbocycles. The third kappa shape index (κ3) is 2.20. The summed E-state index contributed by atoms with van der Waals surface area (Å²) in [5, 5.41) is 3.24. The third-order valence-corrected chi connectivity index (χ3v) is 16.1. The molecule has 0 radical (unpaired) electrons. The van der Waals surface area contributed by atoms with Crippen LogP contribution in [0.2, 0.25) is 0 Å². The zero-order valence-electron chi connectivity index (χ0n) is 14.5. The van der Waals surface area contributed by atoms with Gasteiger partial charge >= 0.3 is 0 Å². The summed E-state index contributed by atoms with van der Waals surface area (Å²) < 4.78 is 0. The standard InChI is InChI=1S/C16H30N4P2/c1-11-17-18-12(2)21(11,5)15-9-7-8-10-16(15)22(6)13(3)19-20-14(22)4/h7-14,17-20H,1-6H3/q+2/t11-,12-,13-,14-/m1/s1. The summed E-state index contributed by atoms with van der Waals surface area (Å²) >= 11 is 0. The van der Waals surface area contributed by atoms with Gasteiger partial charge in [0.05, 0.1) is 27.9 Å². The zero-order valence-corrected chi connectivity index (χ0v) is 16.3. The van der Waals surface area contributed by atoms with Gasteiger partial charge in [-0.1, -0.05) is 12.1 Å². The molecule has 0 unspecified atom stereocenters. The van der Waals surface area contributed by atoms with E-state index in [2.05, 4.69) is 87.0 Å². The molecule has 22 heavy (non-hydrogen) atoms. The van der Waals surface area contributed by atoms with E-state index in [-0.39, 0.29) is 0 Å². The number of benzene rings is 1. The minimum atomic E-state index is -1.29. The van der Waals surface area contributed by atoms with Crippen LogP contribution >= 0.6 is 14.5 Å². The second-order valence-corrected chi connectivity index (χ2v) is 15.7. The number of rotatable bonds is 2. The van der Waals surface area contributed by atoms with E-state index in [1.54, 1.807) is 10.6 Å². The molecule has 4 N–H and O–H groups in total. The van der Waals surface area contributed by atoms with Crippen LogP contribution in [0.3, 0.4) is 0 Å². The van der Waals surface area contributed by atoms with Crippen LogP contribution in [0.15, 0.2) is 24.3 Å². The molecule has 4 atom stereocenters. The highest BCUT2D eigenvalue weighted by atomic mass is 31.2. The summed E-state index contributed by atoms with van der Waals surface area (Å²) in [6.07, 6.45) is 0. The zero-order chi connectivity index (χ0) is 16.1. The molecular formula is C16H30N4P2+2. The van der Waals surface area contributed by atoms with Crippen molar-refractivity contribution in [2.24, 2.45) is 0 Å². The quantitative estimate of drug-likeness (QED) is 0.621. The summed E-state index contributed by atoms with van der Waals surface area (Å²) in [6.45, 7) is 14.3. The van der Waals surface area contributed by atoms with Crippen molar-refractivity contribution in [2.75, 3.05) is 13.3 Å². The topological polar surface area (TPSA) is 48.1 Å². The third-order valence-electron chi connectivity index (χ3n) is 6.14. The first-order chi connectivity index (χ1) is 10.3. The molecule has 122 valence electrons.